The highest BCUT2D eigenvalue weighted by Crippen LogP contribution is 2.19. The lowest BCUT2D eigenvalue weighted by Gasteiger charge is -2.34. The van der Waals surface area contributed by atoms with Crippen LogP contribution in [0.3, 0.4) is 0 Å². The van der Waals surface area contributed by atoms with Crippen molar-refractivity contribution in [3.63, 3.8) is 0 Å². The molecule has 1 aromatic carbocycles. The number of piperazine rings is 1. The van der Waals surface area contributed by atoms with E-state index in [4.69, 9.17) is 16.7 Å². The molecule has 0 aromatic heterocycles. The Hall–Kier alpha value is -1.59. The molecule has 0 aliphatic carbocycles. The number of carbonyl (C=O) groups is 2. The molecular weight excluding hydrogens is 280 g/mol. The van der Waals surface area contributed by atoms with E-state index in [1.165, 1.54) is 0 Å². The second-order valence-corrected chi connectivity index (χ2v) is 5.38. The van der Waals surface area contributed by atoms with Gasteiger partial charge >= 0.3 is 5.97 Å². The number of hydrogen-bond acceptors (Lipinski definition) is 3. The summed E-state index contributed by atoms with van der Waals surface area (Å²) in [6.07, 6.45) is -0.182. The van der Waals surface area contributed by atoms with Crippen molar-refractivity contribution >= 4 is 23.5 Å². The summed E-state index contributed by atoms with van der Waals surface area (Å²) in [7, 11) is 0. The Morgan fingerprint density at radius 3 is 2.95 bits per heavy atom. The molecule has 0 radical (unpaired) electrons. The first kappa shape index (κ1) is 14.8. The molecule has 5 nitrogen and oxygen atoms in total. The number of halogens is 1. The van der Waals surface area contributed by atoms with Crippen LogP contribution in [0, 0.1) is 6.92 Å². The first-order chi connectivity index (χ1) is 9.47. The zero-order valence-corrected chi connectivity index (χ0v) is 12.0. The highest BCUT2D eigenvalue weighted by molar-refractivity contribution is 6.30. The van der Waals surface area contributed by atoms with Crippen LogP contribution >= 0.6 is 11.6 Å². The normalized spacial score (nSPS) is 19.7. The van der Waals surface area contributed by atoms with Gasteiger partial charge in [0.1, 0.15) is 6.04 Å². The Morgan fingerprint density at radius 2 is 2.30 bits per heavy atom. The number of rotatable bonds is 4. The maximum Gasteiger partial charge on any atom is 0.305 e. The van der Waals surface area contributed by atoms with Crippen molar-refractivity contribution < 1.29 is 14.7 Å². The Bertz CT molecular complexity index is 533. The van der Waals surface area contributed by atoms with E-state index in [2.05, 4.69) is 5.32 Å². The van der Waals surface area contributed by atoms with E-state index < -0.39 is 12.0 Å². The Labute approximate surface area is 122 Å². The number of carboxylic acids is 1. The molecule has 2 rings (SSSR count). The Kier molecular flexibility index (Phi) is 4.62. The molecule has 1 aromatic rings. The SMILES string of the molecule is Cc1cc(Cl)ccc1CN1CCNC(=O)C1CC(=O)O. The van der Waals surface area contributed by atoms with E-state index in [1.54, 1.807) is 6.07 Å². The minimum Gasteiger partial charge on any atom is -0.481 e. The molecule has 0 bridgehead atoms. The van der Waals surface area contributed by atoms with Crippen LogP contribution in [0.2, 0.25) is 5.02 Å². The first-order valence-electron chi connectivity index (χ1n) is 6.46. The van der Waals surface area contributed by atoms with Crippen LogP contribution in [-0.2, 0) is 16.1 Å². The van der Waals surface area contributed by atoms with Gasteiger partial charge in [0.15, 0.2) is 0 Å². The van der Waals surface area contributed by atoms with E-state index >= 15 is 0 Å². The van der Waals surface area contributed by atoms with E-state index in [1.807, 2.05) is 24.0 Å². The molecule has 1 fully saturated rings. The topological polar surface area (TPSA) is 69.6 Å². The minimum atomic E-state index is -0.968. The van der Waals surface area contributed by atoms with Crippen molar-refractivity contribution in [2.75, 3.05) is 13.1 Å². The van der Waals surface area contributed by atoms with Crippen molar-refractivity contribution in [1.29, 1.82) is 0 Å². The van der Waals surface area contributed by atoms with Crippen molar-refractivity contribution in [2.24, 2.45) is 0 Å². The average Bonchev–Trinajstić information content (AvgIpc) is 2.36. The van der Waals surface area contributed by atoms with Crippen molar-refractivity contribution in [1.82, 2.24) is 10.2 Å². The molecular formula is C14H17ClN2O3. The number of carbonyl (C=O) groups excluding carboxylic acids is 1. The molecule has 20 heavy (non-hydrogen) atoms. The van der Waals surface area contributed by atoms with Crippen LogP contribution in [-0.4, -0.2) is 41.0 Å². The van der Waals surface area contributed by atoms with Crippen LogP contribution in [0.15, 0.2) is 18.2 Å². The molecule has 1 saturated heterocycles. The fourth-order valence-corrected chi connectivity index (χ4v) is 2.62. The third-order valence-corrected chi connectivity index (χ3v) is 3.72. The fraction of sp³-hybridized carbons (Fsp3) is 0.429. The fourth-order valence-electron chi connectivity index (χ4n) is 2.39. The predicted molar refractivity (Wildman–Crippen MR) is 75.6 cm³/mol. The molecule has 1 unspecified atom stereocenters. The van der Waals surface area contributed by atoms with Gasteiger partial charge < -0.3 is 10.4 Å². The molecule has 6 heteroatoms. The summed E-state index contributed by atoms with van der Waals surface area (Å²) in [5, 5.41) is 12.3. The lowest BCUT2D eigenvalue weighted by molar-refractivity contribution is -0.143. The van der Waals surface area contributed by atoms with Crippen LogP contribution in [0.1, 0.15) is 17.5 Å². The summed E-state index contributed by atoms with van der Waals surface area (Å²) < 4.78 is 0. The van der Waals surface area contributed by atoms with Gasteiger partial charge in [0.25, 0.3) is 0 Å². The van der Waals surface area contributed by atoms with Crippen molar-refractivity contribution in [3.05, 3.63) is 34.3 Å². The number of amides is 1. The van der Waals surface area contributed by atoms with Gasteiger partial charge in [0.2, 0.25) is 5.91 Å². The Morgan fingerprint density at radius 1 is 1.55 bits per heavy atom. The first-order valence-corrected chi connectivity index (χ1v) is 6.84. The largest absolute Gasteiger partial charge is 0.481 e. The number of hydrogen-bond donors (Lipinski definition) is 2. The van der Waals surface area contributed by atoms with Gasteiger partial charge in [0, 0.05) is 24.7 Å². The van der Waals surface area contributed by atoms with Crippen LogP contribution < -0.4 is 5.32 Å². The third-order valence-electron chi connectivity index (χ3n) is 3.49. The molecule has 0 saturated carbocycles. The number of nitrogens with zero attached hydrogens (tertiary/aromatic N) is 1. The monoisotopic (exact) mass is 296 g/mol. The maximum absolute atomic E-state index is 11.8. The van der Waals surface area contributed by atoms with E-state index in [9.17, 15) is 9.59 Å². The van der Waals surface area contributed by atoms with Gasteiger partial charge in [-0.1, -0.05) is 17.7 Å². The zero-order chi connectivity index (χ0) is 14.7. The van der Waals surface area contributed by atoms with Crippen molar-refractivity contribution in [2.45, 2.75) is 25.9 Å². The molecule has 1 atom stereocenters. The van der Waals surface area contributed by atoms with Gasteiger partial charge in [-0.15, -0.1) is 0 Å². The smallest absolute Gasteiger partial charge is 0.305 e. The van der Waals surface area contributed by atoms with Gasteiger partial charge in [-0.2, -0.15) is 0 Å². The zero-order valence-electron chi connectivity index (χ0n) is 11.2. The molecule has 1 aliphatic heterocycles. The molecule has 0 spiro atoms. The van der Waals surface area contributed by atoms with Gasteiger partial charge in [0.05, 0.1) is 6.42 Å². The second-order valence-electron chi connectivity index (χ2n) is 4.95. The summed E-state index contributed by atoms with van der Waals surface area (Å²) in [5.41, 5.74) is 2.09. The number of aryl methyl sites for hydroxylation is 1. The number of aliphatic carboxylic acids is 1. The average molecular weight is 297 g/mol. The summed E-state index contributed by atoms with van der Waals surface area (Å²) in [4.78, 5) is 24.6. The Balaban J connectivity index is 2.16. The van der Waals surface area contributed by atoms with E-state index in [0.29, 0.717) is 24.7 Å². The minimum absolute atomic E-state index is 0.182. The number of benzene rings is 1. The lowest BCUT2D eigenvalue weighted by atomic mass is 10.0. The predicted octanol–water partition coefficient (Wildman–Crippen LogP) is 1.42. The molecule has 1 amide bonds. The lowest BCUT2D eigenvalue weighted by Crippen LogP contribution is -2.55. The van der Waals surface area contributed by atoms with Gasteiger partial charge in [-0.25, -0.2) is 0 Å². The summed E-state index contributed by atoms with van der Waals surface area (Å²) >= 11 is 5.92. The number of carboxylic acid groups (broad SMARTS) is 1. The van der Waals surface area contributed by atoms with Gasteiger partial charge in [-0.3, -0.25) is 14.5 Å². The van der Waals surface area contributed by atoms with Gasteiger partial charge in [-0.05, 0) is 30.2 Å². The summed E-state index contributed by atoms with van der Waals surface area (Å²) in [6, 6.07) is 4.98. The molecule has 2 N–H and O–H groups in total. The highest BCUT2D eigenvalue weighted by Gasteiger charge is 2.31. The standard InChI is InChI=1S/C14H17ClN2O3/c1-9-6-11(15)3-2-10(9)8-17-5-4-16-14(20)12(17)7-13(18)19/h2-3,6,12H,4-5,7-8H2,1H3,(H,16,20)(H,18,19). The van der Waals surface area contributed by atoms with E-state index in [-0.39, 0.29) is 12.3 Å². The molecule has 108 valence electrons. The molecule has 1 aliphatic rings. The van der Waals surface area contributed by atoms with Crippen molar-refractivity contribution in [3.8, 4) is 0 Å². The second kappa shape index (κ2) is 6.24. The van der Waals surface area contributed by atoms with Crippen LogP contribution in [0.4, 0.5) is 0 Å². The van der Waals surface area contributed by atoms with Crippen LogP contribution in [0.5, 0.6) is 0 Å². The molecule has 1 heterocycles. The summed E-state index contributed by atoms with van der Waals surface area (Å²) in [5.74, 6) is -1.19. The third kappa shape index (κ3) is 3.49. The maximum atomic E-state index is 11.8. The highest BCUT2D eigenvalue weighted by atomic mass is 35.5. The van der Waals surface area contributed by atoms with E-state index in [0.717, 1.165) is 11.1 Å². The van der Waals surface area contributed by atoms with Crippen LogP contribution in [0.25, 0.3) is 0 Å². The summed E-state index contributed by atoms with van der Waals surface area (Å²) in [6.45, 7) is 3.69. The number of nitrogens with one attached hydrogen (secondary N) is 1. The quantitative estimate of drug-likeness (QED) is 0.882.